The monoisotopic (exact) mass is 311 g/mol. The summed E-state index contributed by atoms with van der Waals surface area (Å²) in [6.07, 6.45) is 2.84. The highest BCUT2D eigenvalue weighted by Gasteiger charge is 2.37. The maximum Gasteiger partial charge on any atom is 0.411 e. The van der Waals surface area contributed by atoms with Gasteiger partial charge in [-0.2, -0.15) is 5.48 Å². The molecule has 1 aliphatic rings. The third kappa shape index (κ3) is 5.16. The number of amides is 2. The quantitative estimate of drug-likeness (QED) is 0.451. The Hall–Kier alpha value is -1.86. The minimum atomic E-state index is -0.813. The number of carbonyl (C=O) groups excluding carboxylic acids is 2. The van der Waals surface area contributed by atoms with Crippen molar-refractivity contribution in [2.24, 2.45) is 5.73 Å². The van der Waals surface area contributed by atoms with Crippen LogP contribution in [0.25, 0.3) is 0 Å². The molecule has 0 aromatic carbocycles. The number of nitrogens with two attached hydrogens (primary N) is 1. The summed E-state index contributed by atoms with van der Waals surface area (Å²) < 4.78 is 5.35. The van der Waals surface area contributed by atoms with Crippen LogP contribution in [0.2, 0.25) is 0 Å². The number of carbonyl (C=O) groups is 2. The zero-order chi connectivity index (χ0) is 16.9. The molecule has 0 bridgehead atoms. The van der Waals surface area contributed by atoms with E-state index in [2.05, 4.69) is 12.1 Å². The summed E-state index contributed by atoms with van der Waals surface area (Å²) in [5, 5.41) is 0. The molecule has 2 atom stereocenters. The molecular weight excluding hydrogens is 286 g/mol. The SMILES string of the molecule is C=CCONC1C=C(C)C(C(N)=O)N(C(=O)OC(C)(C)C)C1. The molecule has 1 aliphatic heterocycles. The Morgan fingerprint density at radius 1 is 1.55 bits per heavy atom. The minimum Gasteiger partial charge on any atom is -0.444 e. The summed E-state index contributed by atoms with van der Waals surface area (Å²) in [4.78, 5) is 30.5. The highest BCUT2D eigenvalue weighted by atomic mass is 16.6. The summed E-state index contributed by atoms with van der Waals surface area (Å²) >= 11 is 0. The molecule has 0 fully saturated rings. The Kier molecular flexibility index (Phi) is 6.13. The molecule has 0 saturated carbocycles. The maximum atomic E-state index is 12.3. The number of hydroxylamine groups is 1. The first-order valence-electron chi connectivity index (χ1n) is 7.11. The van der Waals surface area contributed by atoms with Crippen molar-refractivity contribution < 1.29 is 19.2 Å². The highest BCUT2D eigenvalue weighted by Crippen LogP contribution is 2.21. The molecule has 7 nitrogen and oxygen atoms in total. The van der Waals surface area contributed by atoms with Gasteiger partial charge in [0.05, 0.1) is 12.6 Å². The largest absolute Gasteiger partial charge is 0.444 e. The van der Waals surface area contributed by atoms with Crippen molar-refractivity contribution in [1.82, 2.24) is 10.4 Å². The van der Waals surface area contributed by atoms with Crippen LogP contribution in [-0.2, 0) is 14.4 Å². The zero-order valence-corrected chi connectivity index (χ0v) is 13.6. The van der Waals surface area contributed by atoms with Crippen LogP contribution in [0.4, 0.5) is 4.79 Å². The van der Waals surface area contributed by atoms with Gasteiger partial charge in [-0.25, -0.2) is 4.79 Å². The van der Waals surface area contributed by atoms with Gasteiger partial charge in [0.2, 0.25) is 5.91 Å². The summed E-state index contributed by atoms with van der Waals surface area (Å²) in [6.45, 7) is 11.1. The molecule has 1 heterocycles. The first-order chi connectivity index (χ1) is 10.2. The average molecular weight is 311 g/mol. The Labute approximate surface area is 131 Å². The molecule has 0 aliphatic carbocycles. The van der Waals surface area contributed by atoms with Gasteiger partial charge in [-0.15, -0.1) is 6.58 Å². The molecule has 0 saturated heterocycles. The van der Waals surface area contributed by atoms with Gasteiger partial charge in [0.25, 0.3) is 0 Å². The van der Waals surface area contributed by atoms with Gasteiger partial charge in [-0.05, 0) is 33.3 Å². The Balaban J connectivity index is 2.91. The molecule has 0 aromatic heterocycles. The van der Waals surface area contributed by atoms with Gasteiger partial charge >= 0.3 is 6.09 Å². The fraction of sp³-hybridized carbons (Fsp3) is 0.600. The molecule has 0 spiro atoms. The van der Waals surface area contributed by atoms with E-state index in [0.717, 1.165) is 0 Å². The Morgan fingerprint density at radius 2 is 2.18 bits per heavy atom. The van der Waals surface area contributed by atoms with E-state index in [1.807, 2.05) is 6.08 Å². The molecule has 3 N–H and O–H groups in total. The lowest BCUT2D eigenvalue weighted by atomic mass is 9.99. The summed E-state index contributed by atoms with van der Waals surface area (Å²) in [6, 6.07) is -1.07. The third-order valence-electron chi connectivity index (χ3n) is 2.93. The number of ether oxygens (including phenoxy) is 1. The summed E-state index contributed by atoms with van der Waals surface area (Å²) in [5.41, 5.74) is 8.25. The van der Waals surface area contributed by atoms with Crippen molar-refractivity contribution in [2.45, 2.75) is 45.4 Å². The maximum absolute atomic E-state index is 12.3. The topological polar surface area (TPSA) is 93.9 Å². The van der Waals surface area contributed by atoms with Crippen LogP contribution in [0.15, 0.2) is 24.3 Å². The second-order valence-electron chi connectivity index (χ2n) is 6.17. The lowest BCUT2D eigenvalue weighted by molar-refractivity contribution is -0.122. The average Bonchev–Trinajstić information content (AvgIpc) is 2.35. The number of nitrogens with one attached hydrogen (secondary N) is 1. The second kappa shape index (κ2) is 7.42. The van der Waals surface area contributed by atoms with Gasteiger partial charge in [0.1, 0.15) is 11.6 Å². The second-order valence-corrected chi connectivity index (χ2v) is 6.17. The van der Waals surface area contributed by atoms with Crippen LogP contribution in [0, 0.1) is 0 Å². The standard InChI is InChI=1S/C15H25N3O4/c1-6-7-21-17-11-8-10(2)12(13(16)19)18(9-11)14(20)22-15(3,4)5/h6,8,11-12,17H,1,7,9H2,2-5H3,(H2,16,19). The smallest absolute Gasteiger partial charge is 0.411 e. The van der Waals surface area contributed by atoms with E-state index in [-0.39, 0.29) is 12.6 Å². The van der Waals surface area contributed by atoms with Crippen LogP contribution in [0.1, 0.15) is 27.7 Å². The zero-order valence-electron chi connectivity index (χ0n) is 13.6. The Morgan fingerprint density at radius 3 is 2.68 bits per heavy atom. The van der Waals surface area contributed by atoms with E-state index in [4.69, 9.17) is 15.3 Å². The van der Waals surface area contributed by atoms with Crippen molar-refractivity contribution in [3.05, 3.63) is 24.3 Å². The predicted molar refractivity (Wildman–Crippen MR) is 82.8 cm³/mol. The van der Waals surface area contributed by atoms with E-state index < -0.39 is 23.6 Å². The first kappa shape index (κ1) is 18.2. The van der Waals surface area contributed by atoms with Crippen molar-refractivity contribution >= 4 is 12.0 Å². The van der Waals surface area contributed by atoms with E-state index in [9.17, 15) is 9.59 Å². The van der Waals surface area contributed by atoms with Crippen molar-refractivity contribution in [3.8, 4) is 0 Å². The van der Waals surface area contributed by atoms with E-state index in [1.165, 1.54) is 4.90 Å². The molecule has 7 heteroatoms. The molecule has 22 heavy (non-hydrogen) atoms. The molecular formula is C15H25N3O4. The van der Waals surface area contributed by atoms with Gasteiger partial charge < -0.3 is 10.5 Å². The minimum absolute atomic E-state index is 0.219. The van der Waals surface area contributed by atoms with Gasteiger partial charge in [0.15, 0.2) is 0 Å². The first-order valence-corrected chi connectivity index (χ1v) is 7.11. The Bertz CT molecular complexity index is 468. The predicted octanol–water partition coefficient (Wildman–Crippen LogP) is 1.11. The fourth-order valence-corrected chi connectivity index (χ4v) is 2.19. The van der Waals surface area contributed by atoms with Crippen LogP contribution in [0.3, 0.4) is 0 Å². The fourth-order valence-electron chi connectivity index (χ4n) is 2.19. The third-order valence-corrected chi connectivity index (χ3v) is 2.93. The van der Waals surface area contributed by atoms with Crippen molar-refractivity contribution in [2.75, 3.05) is 13.2 Å². The molecule has 1 rings (SSSR count). The number of rotatable bonds is 5. The molecule has 2 amide bonds. The van der Waals surface area contributed by atoms with Crippen molar-refractivity contribution in [3.63, 3.8) is 0 Å². The lowest BCUT2D eigenvalue weighted by Crippen LogP contribution is -2.57. The van der Waals surface area contributed by atoms with Gasteiger partial charge in [-0.3, -0.25) is 14.5 Å². The molecule has 2 unspecified atom stereocenters. The molecule has 0 radical (unpaired) electrons. The molecule has 0 aromatic rings. The van der Waals surface area contributed by atoms with Crippen LogP contribution >= 0.6 is 0 Å². The molecule has 124 valence electrons. The number of primary amides is 1. The number of hydrogen-bond donors (Lipinski definition) is 2. The van der Waals surface area contributed by atoms with E-state index in [1.54, 1.807) is 33.8 Å². The van der Waals surface area contributed by atoms with Crippen molar-refractivity contribution in [1.29, 1.82) is 0 Å². The van der Waals surface area contributed by atoms with Crippen LogP contribution in [-0.4, -0.2) is 47.7 Å². The van der Waals surface area contributed by atoms with Crippen LogP contribution in [0.5, 0.6) is 0 Å². The summed E-state index contributed by atoms with van der Waals surface area (Å²) in [5.74, 6) is -0.593. The van der Waals surface area contributed by atoms with Gasteiger partial charge in [-0.1, -0.05) is 12.2 Å². The van der Waals surface area contributed by atoms with Gasteiger partial charge in [0, 0.05) is 6.54 Å². The summed E-state index contributed by atoms with van der Waals surface area (Å²) in [7, 11) is 0. The van der Waals surface area contributed by atoms with Crippen LogP contribution < -0.4 is 11.2 Å². The van der Waals surface area contributed by atoms with E-state index in [0.29, 0.717) is 12.2 Å². The highest BCUT2D eigenvalue weighted by molar-refractivity contribution is 5.87. The normalized spacial score (nSPS) is 22.0. The van der Waals surface area contributed by atoms with E-state index >= 15 is 0 Å². The number of nitrogens with zero attached hydrogens (tertiary/aromatic N) is 1. The number of hydrogen-bond acceptors (Lipinski definition) is 5. The lowest BCUT2D eigenvalue weighted by Gasteiger charge is -2.37.